The molecular weight excluding hydrogens is 183 g/mol. The summed E-state index contributed by atoms with van der Waals surface area (Å²) >= 11 is 0. The number of nitrogens with zero attached hydrogens (tertiary/aromatic N) is 1. The van der Waals surface area contributed by atoms with Gasteiger partial charge in [-0.2, -0.15) is 13.2 Å². The number of aliphatic hydroxyl groups is 1. The van der Waals surface area contributed by atoms with Crippen LogP contribution < -0.4 is 0 Å². The summed E-state index contributed by atoms with van der Waals surface area (Å²) < 4.78 is 36.1. The van der Waals surface area contributed by atoms with Gasteiger partial charge in [0, 0.05) is 18.7 Å². The maximum Gasteiger partial charge on any atom is 0.417 e. The average Bonchev–Trinajstić information content (AvgIpc) is 1.82. The summed E-state index contributed by atoms with van der Waals surface area (Å²) in [5, 5.41) is 8.95. The van der Waals surface area contributed by atoms with Crippen LogP contribution in [-0.4, -0.2) is 29.1 Å². The second kappa shape index (κ2) is 4.09. The lowest BCUT2D eigenvalue weighted by Crippen LogP contribution is -2.42. The van der Waals surface area contributed by atoms with E-state index in [4.69, 9.17) is 5.11 Å². The summed E-state index contributed by atoms with van der Waals surface area (Å²) in [6.07, 6.45) is -4.00. The van der Waals surface area contributed by atoms with Crippen LogP contribution in [-0.2, 0) is 0 Å². The van der Waals surface area contributed by atoms with Crippen LogP contribution in [0.25, 0.3) is 0 Å². The minimum Gasteiger partial charge on any atom is -0.380 e. The number of alkyl halides is 3. The van der Waals surface area contributed by atoms with Gasteiger partial charge >= 0.3 is 6.18 Å². The molecule has 0 saturated carbocycles. The molecule has 0 spiro atoms. The highest BCUT2D eigenvalue weighted by Gasteiger charge is 2.48. The highest BCUT2D eigenvalue weighted by atomic mass is 19.4. The van der Waals surface area contributed by atoms with E-state index in [1.165, 1.54) is 0 Å². The van der Waals surface area contributed by atoms with Crippen LogP contribution in [0, 0.1) is 0 Å². The Labute approximate surface area is 75.5 Å². The third kappa shape index (κ3) is 4.26. The monoisotopic (exact) mass is 197 g/mol. The molecule has 0 aromatic rings. The van der Waals surface area contributed by atoms with Crippen molar-refractivity contribution in [2.45, 2.75) is 45.0 Å². The van der Waals surface area contributed by atoms with Gasteiger partial charge in [-0.25, -0.2) is 0 Å². The zero-order valence-electron chi connectivity index (χ0n) is 7.89. The molecule has 78 valence electrons. The molecule has 0 heterocycles. The minimum absolute atomic E-state index is 0.0518. The second-order valence-corrected chi connectivity index (χ2v) is 3.40. The molecule has 0 saturated heterocycles. The molecule has 1 atom stereocenters. The Kier molecular flexibility index (Phi) is 3.90. The Morgan fingerprint density at radius 2 is 1.85 bits per heavy atom. The van der Waals surface area contributed by atoms with Gasteiger partial charge < -0.3 is 5.11 Å². The number of hydrogen-bond acceptors (Lipinski definition) is 2. The van der Waals surface area contributed by atoms with Gasteiger partial charge in [-0.3, -0.25) is 4.99 Å². The third-order valence-electron chi connectivity index (χ3n) is 1.50. The second-order valence-electron chi connectivity index (χ2n) is 3.40. The van der Waals surface area contributed by atoms with Crippen molar-refractivity contribution in [2.75, 3.05) is 0 Å². The summed E-state index contributed by atoms with van der Waals surface area (Å²) in [6.45, 7) is 4.23. The smallest absolute Gasteiger partial charge is 0.380 e. The largest absolute Gasteiger partial charge is 0.417 e. The molecule has 0 fully saturated rings. The Morgan fingerprint density at radius 1 is 1.38 bits per heavy atom. The molecule has 0 rings (SSSR count). The summed E-state index contributed by atoms with van der Waals surface area (Å²) in [5.41, 5.74) is -2.68. The van der Waals surface area contributed by atoms with Crippen LogP contribution in [0.4, 0.5) is 13.2 Å². The molecular formula is C8H14F3NO. The summed E-state index contributed by atoms with van der Waals surface area (Å²) in [6, 6.07) is -0.0518. The fraction of sp³-hybridized carbons (Fsp3) is 0.875. The van der Waals surface area contributed by atoms with Crippen LogP contribution >= 0.6 is 0 Å². The third-order valence-corrected chi connectivity index (χ3v) is 1.50. The highest BCUT2D eigenvalue weighted by molar-refractivity contribution is 5.59. The van der Waals surface area contributed by atoms with E-state index < -0.39 is 18.2 Å². The van der Waals surface area contributed by atoms with E-state index in [2.05, 4.69) is 4.99 Å². The van der Waals surface area contributed by atoms with Crippen molar-refractivity contribution in [1.82, 2.24) is 0 Å². The molecule has 13 heavy (non-hydrogen) atoms. The lowest BCUT2D eigenvalue weighted by molar-refractivity contribution is -0.249. The molecule has 0 aromatic heterocycles. The SMILES string of the molecule is CC(C)N=CCC(C)(O)C(F)(F)F. The van der Waals surface area contributed by atoms with Crippen LogP contribution in [0.1, 0.15) is 27.2 Å². The molecule has 1 unspecified atom stereocenters. The fourth-order valence-corrected chi connectivity index (χ4v) is 0.557. The Morgan fingerprint density at radius 3 is 2.15 bits per heavy atom. The van der Waals surface area contributed by atoms with Crippen LogP contribution in [0.15, 0.2) is 4.99 Å². The Hall–Kier alpha value is -0.580. The quantitative estimate of drug-likeness (QED) is 0.691. The molecule has 0 aliphatic carbocycles. The summed E-state index contributed by atoms with van der Waals surface area (Å²) in [5.74, 6) is 0. The van der Waals surface area contributed by atoms with Crippen molar-refractivity contribution in [3.63, 3.8) is 0 Å². The van der Waals surface area contributed by atoms with Crippen molar-refractivity contribution in [3.8, 4) is 0 Å². The van der Waals surface area contributed by atoms with E-state index in [1.807, 2.05) is 0 Å². The van der Waals surface area contributed by atoms with Crippen LogP contribution in [0.2, 0.25) is 0 Å². The maximum atomic E-state index is 12.0. The first-order chi connectivity index (χ1) is 5.67. The topological polar surface area (TPSA) is 32.6 Å². The van der Waals surface area contributed by atoms with E-state index in [0.717, 1.165) is 13.1 Å². The number of aliphatic imine (C=N–C) groups is 1. The van der Waals surface area contributed by atoms with Crippen molar-refractivity contribution in [1.29, 1.82) is 0 Å². The maximum absolute atomic E-state index is 12.0. The van der Waals surface area contributed by atoms with Gasteiger partial charge in [0.05, 0.1) is 0 Å². The van der Waals surface area contributed by atoms with Gasteiger partial charge in [-0.05, 0) is 20.8 Å². The van der Waals surface area contributed by atoms with Crippen LogP contribution in [0.3, 0.4) is 0 Å². The zero-order chi connectivity index (χ0) is 10.7. The number of hydrogen-bond donors (Lipinski definition) is 1. The predicted octanol–water partition coefficient (Wildman–Crippen LogP) is 2.17. The Bertz CT molecular complexity index is 184. The molecule has 0 aliphatic rings. The van der Waals surface area contributed by atoms with E-state index in [-0.39, 0.29) is 6.04 Å². The van der Waals surface area contributed by atoms with Crippen molar-refractivity contribution in [3.05, 3.63) is 0 Å². The summed E-state index contributed by atoms with van der Waals surface area (Å²) in [7, 11) is 0. The van der Waals surface area contributed by atoms with Gasteiger partial charge in [-0.1, -0.05) is 0 Å². The van der Waals surface area contributed by atoms with Gasteiger partial charge in [0.15, 0.2) is 5.60 Å². The van der Waals surface area contributed by atoms with Crippen molar-refractivity contribution in [2.24, 2.45) is 4.99 Å². The first-order valence-electron chi connectivity index (χ1n) is 3.97. The molecule has 5 heteroatoms. The summed E-state index contributed by atoms with van der Waals surface area (Å²) in [4.78, 5) is 3.74. The van der Waals surface area contributed by atoms with Crippen molar-refractivity contribution >= 4 is 6.21 Å². The predicted molar refractivity (Wildman–Crippen MR) is 44.9 cm³/mol. The Balaban J connectivity index is 4.20. The van der Waals surface area contributed by atoms with Gasteiger partial charge in [-0.15, -0.1) is 0 Å². The van der Waals surface area contributed by atoms with Gasteiger partial charge in [0.1, 0.15) is 0 Å². The normalized spacial score (nSPS) is 18.2. The van der Waals surface area contributed by atoms with E-state index >= 15 is 0 Å². The van der Waals surface area contributed by atoms with Crippen LogP contribution in [0.5, 0.6) is 0 Å². The number of rotatable bonds is 3. The molecule has 1 N–H and O–H groups in total. The first-order valence-corrected chi connectivity index (χ1v) is 3.97. The lowest BCUT2D eigenvalue weighted by Gasteiger charge is -2.24. The first kappa shape index (κ1) is 12.4. The molecule has 0 bridgehead atoms. The molecule has 0 amide bonds. The van der Waals surface area contributed by atoms with Gasteiger partial charge in [0.25, 0.3) is 0 Å². The molecule has 0 aromatic carbocycles. The lowest BCUT2D eigenvalue weighted by atomic mass is 10.0. The van der Waals surface area contributed by atoms with Crippen molar-refractivity contribution < 1.29 is 18.3 Å². The zero-order valence-corrected chi connectivity index (χ0v) is 7.89. The molecule has 0 aliphatic heterocycles. The minimum atomic E-state index is -4.60. The van der Waals surface area contributed by atoms with E-state index in [0.29, 0.717) is 0 Å². The molecule has 0 radical (unpaired) electrons. The van der Waals surface area contributed by atoms with Gasteiger partial charge in [0.2, 0.25) is 0 Å². The fourth-order valence-electron chi connectivity index (χ4n) is 0.557. The highest BCUT2D eigenvalue weighted by Crippen LogP contribution is 2.31. The average molecular weight is 197 g/mol. The van der Waals surface area contributed by atoms with E-state index in [9.17, 15) is 13.2 Å². The standard InChI is InChI=1S/C8H14F3NO/c1-6(2)12-5-4-7(3,13)8(9,10)11/h5-6,13H,4H2,1-3H3. The van der Waals surface area contributed by atoms with E-state index in [1.54, 1.807) is 13.8 Å². The molecule has 2 nitrogen and oxygen atoms in total. The number of halogens is 3.